The molecule has 1 fully saturated rings. The van der Waals surface area contributed by atoms with Crippen molar-refractivity contribution in [2.24, 2.45) is 5.92 Å². The maximum atomic E-state index is 14.0. The van der Waals surface area contributed by atoms with Gasteiger partial charge in [0.1, 0.15) is 11.6 Å². The van der Waals surface area contributed by atoms with Gasteiger partial charge in [-0.25, -0.2) is 8.78 Å². The quantitative estimate of drug-likeness (QED) is 0.606. The second kappa shape index (κ2) is 9.27. The third-order valence-electron chi connectivity index (χ3n) is 5.50. The van der Waals surface area contributed by atoms with Gasteiger partial charge in [-0.15, -0.1) is 0 Å². The summed E-state index contributed by atoms with van der Waals surface area (Å²) in [6.45, 7) is 1.09. The maximum absolute atomic E-state index is 14.0. The highest BCUT2D eigenvalue weighted by Crippen LogP contribution is 2.26. The summed E-state index contributed by atoms with van der Waals surface area (Å²) in [7, 11) is 0. The molecule has 0 radical (unpaired) electrons. The lowest BCUT2D eigenvalue weighted by Gasteiger charge is -2.39. The molecule has 4 rings (SSSR count). The Kier molecular flexibility index (Phi) is 6.27. The van der Waals surface area contributed by atoms with E-state index in [9.17, 15) is 23.5 Å². The fourth-order valence-electron chi connectivity index (χ4n) is 3.92. The van der Waals surface area contributed by atoms with E-state index in [-0.39, 0.29) is 17.0 Å². The number of aliphatic carboxylic acids is 1. The number of hydrogen-bond donors (Lipinski definition) is 2. The van der Waals surface area contributed by atoms with E-state index in [2.05, 4.69) is 10.5 Å². The molecule has 0 bridgehead atoms. The molecule has 0 saturated carbocycles. The highest BCUT2D eigenvalue weighted by atomic mass is 19.1. The Morgan fingerprint density at radius 1 is 1.16 bits per heavy atom. The zero-order chi connectivity index (χ0) is 22.7. The Labute approximate surface area is 182 Å². The number of nitrogens with zero attached hydrogens (tertiary/aromatic N) is 2. The standard InChI is InChI=1S/C23H21F2N3O4/c24-15-8-9-16(18(25)11-15)20-12-19(27-32-20)22(29)26-21-17(23(30)31)7-4-10-28(21)13-14-5-2-1-3-6-14/h1-3,5-6,8-9,11-12,17,21H,4,7,10,13H2,(H,26,29)(H,30,31)/t17-,21?/m0/s1. The minimum Gasteiger partial charge on any atom is -0.481 e. The molecular formula is C23H21F2N3O4. The van der Waals surface area contributed by atoms with Crippen molar-refractivity contribution in [1.82, 2.24) is 15.4 Å². The lowest BCUT2D eigenvalue weighted by Crippen LogP contribution is -2.56. The lowest BCUT2D eigenvalue weighted by molar-refractivity contribution is -0.146. The molecule has 7 nitrogen and oxygen atoms in total. The van der Waals surface area contributed by atoms with Crippen LogP contribution in [0.3, 0.4) is 0 Å². The van der Waals surface area contributed by atoms with Crippen LogP contribution in [0.4, 0.5) is 8.78 Å². The summed E-state index contributed by atoms with van der Waals surface area (Å²) < 4.78 is 32.2. The number of carboxylic acids is 1. The fourth-order valence-corrected chi connectivity index (χ4v) is 3.92. The van der Waals surface area contributed by atoms with Crippen molar-refractivity contribution >= 4 is 11.9 Å². The van der Waals surface area contributed by atoms with Crippen LogP contribution in [0.1, 0.15) is 28.9 Å². The van der Waals surface area contributed by atoms with E-state index in [1.165, 1.54) is 12.1 Å². The Bertz CT molecular complexity index is 1120. The predicted octanol–water partition coefficient (Wildman–Crippen LogP) is 3.67. The van der Waals surface area contributed by atoms with Crippen molar-refractivity contribution in [3.63, 3.8) is 0 Å². The van der Waals surface area contributed by atoms with Crippen molar-refractivity contribution in [3.05, 3.63) is 77.5 Å². The Balaban J connectivity index is 1.54. The molecule has 3 aromatic rings. The van der Waals surface area contributed by atoms with Gasteiger partial charge in [0.05, 0.1) is 17.6 Å². The van der Waals surface area contributed by atoms with Gasteiger partial charge < -0.3 is 14.9 Å². The average molecular weight is 441 g/mol. The summed E-state index contributed by atoms with van der Waals surface area (Å²) in [5, 5.41) is 16.1. The Morgan fingerprint density at radius 2 is 1.94 bits per heavy atom. The number of hydrogen-bond acceptors (Lipinski definition) is 5. The fraction of sp³-hybridized carbons (Fsp3) is 0.261. The molecule has 32 heavy (non-hydrogen) atoms. The molecular weight excluding hydrogens is 420 g/mol. The van der Waals surface area contributed by atoms with Gasteiger partial charge >= 0.3 is 5.97 Å². The van der Waals surface area contributed by atoms with Crippen LogP contribution >= 0.6 is 0 Å². The second-order valence-corrected chi connectivity index (χ2v) is 7.66. The van der Waals surface area contributed by atoms with Crippen LogP contribution in [0.15, 0.2) is 59.1 Å². The Morgan fingerprint density at radius 3 is 2.66 bits per heavy atom. The monoisotopic (exact) mass is 441 g/mol. The molecule has 1 aliphatic heterocycles. The summed E-state index contributed by atoms with van der Waals surface area (Å²) >= 11 is 0. The Hall–Kier alpha value is -3.59. The first kappa shape index (κ1) is 21.6. The molecule has 2 atom stereocenters. The highest BCUT2D eigenvalue weighted by Gasteiger charge is 2.37. The molecule has 2 heterocycles. The van der Waals surface area contributed by atoms with E-state index in [1.54, 1.807) is 0 Å². The van der Waals surface area contributed by atoms with E-state index in [0.29, 0.717) is 32.0 Å². The number of piperidine rings is 1. The van der Waals surface area contributed by atoms with Crippen LogP contribution < -0.4 is 5.32 Å². The number of aromatic nitrogens is 1. The zero-order valence-corrected chi connectivity index (χ0v) is 17.0. The summed E-state index contributed by atoms with van der Waals surface area (Å²) in [5.41, 5.74) is 0.830. The maximum Gasteiger partial charge on any atom is 0.309 e. The van der Waals surface area contributed by atoms with Gasteiger partial charge in [-0.05, 0) is 30.5 Å². The van der Waals surface area contributed by atoms with Crippen LogP contribution in [0.25, 0.3) is 11.3 Å². The summed E-state index contributed by atoms with van der Waals surface area (Å²) in [5.74, 6) is -4.05. The average Bonchev–Trinajstić information content (AvgIpc) is 3.25. The van der Waals surface area contributed by atoms with Crippen LogP contribution in [0.5, 0.6) is 0 Å². The lowest BCUT2D eigenvalue weighted by atomic mass is 9.93. The van der Waals surface area contributed by atoms with Gasteiger partial charge in [0, 0.05) is 25.2 Å². The molecule has 0 spiro atoms. The van der Waals surface area contributed by atoms with E-state index >= 15 is 0 Å². The van der Waals surface area contributed by atoms with Crippen LogP contribution in [-0.2, 0) is 11.3 Å². The summed E-state index contributed by atoms with van der Waals surface area (Å²) in [6, 6.07) is 13.8. The van der Waals surface area contributed by atoms with Crippen molar-refractivity contribution in [1.29, 1.82) is 0 Å². The number of amides is 1. The van der Waals surface area contributed by atoms with Gasteiger partial charge in [-0.2, -0.15) is 0 Å². The number of benzene rings is 2. The van der Waals surface area contributed by atoms with E-state index in [1.807, 2.05) is 35.2 Å². The number of carbonyl (C=O) groups is 2. The van der Waals surface area contributed by atoms with Crippen molar-refractivity contribution in [2.45, 2.75) is 25.6 Å². The van der Waals surface area contributed by atoms with Crippen molar-refractivity contribution < 1.29 is 28.0 Å². The molecule has 0 aliphatic carbocycles. The van der Waals surface area contributed by atoms with E-state index < -0.39 is 35.6 Å². The normalized spacial score (nSPS) is 18.9. The van der Waals surface area contributed by atoms with Gasteiger partial charge in [0.15, 0.2) is 11.5 Å². The third-order valence-corrected chi connectivity index (χ3v) is 5.50. The number of nitrogens with one attached hydrogen (secondary N) is 1. The largest absolute Gasteiger partial charge is 0.481 e. The molecule has 1 amide bonds. The van der Waals surface area contributed by atoms with Crippen molar-refractivity contribution in [2.75, 3.05) is 6.54 Å². The first-order valence-electron chi connectivity index (χ1n) is 10.2. The van der Waals surface area contributed by atoms with Crippen LogP contribution in [0.2, 0.25) is 0 Å². The van der Waals surface area contributed by atoms with Crippen molar-refractivity contribution in [3.8, 4) is 11.3 Å². The SMILES string of the molecule is O=C(NC1[C@@H](C(=O)O)CCCN1Cc1ccccc1)c1cc(-c2ccc(F)cc2F)on1. The van der Waals surface area contributed by atoms with E-state index in [4.69, 9.17) is 4.52 Å². The second-order valence-electron chi connectivity index (χ2n) is 7.66. The molecule has 166 valence electrons. The predicted molar refractivity (Wildman–Crippen MR) is 110 cm³/mol. The zero-order valence-electron chi connectivity index (χ0n) is 17.0. The minimum atomic E-state index is -0.998. The number of rotatable bonds is 6. The first-order chi connectivity index (χ1) is 15.4. The first-order valence-corrected chi connectivity index (χ1v) is 10.2. The topological polar surface area (TPSA) is 95.7 Å². The number of carboxylic acid groups (broad SMARTS) is 1. The van der Waals surface area contributed by atoms with Gasteiger partial charge in [-0.3, -0.25) is 14.5 Å². The number of halogens is 2. The van der Waals surface area contributed by atoms with Gasteiger partial charge in [0.2, 0.25) is 0 Å². The third kappa shape index (κ3) is 4.67. The molecule has 9 heteroatoms. The van der Waals surface area contributed by atoms with Crippen LogP contribution in [0, 0.1) is 17.6 Å². The van der Waals surface area contributed by atoms with Crippen LogP contribution in [-0.4, -0.2) is 39.8 Å². The minimum absolute atomic E-state index is 0.0350. The molecule has 2 aromatic carbocycles. The van der Waals surface area contributed by atoms with Gasteiger partial charge in [0.25, 0.3) is 5.91 Å². The van der Waals surface area contributed by atoms with Gasteiger partial charge in [-0.1, -0.05) is 35.5 Å². The summed E-state index contributed by atoms with van der Waals surface area (Å²) in [6.07, 6.45) is 0.363. The molecule has 1 aliphatic rings. The molecule has 1 aromatic heterocycles. The number of carbonyl (C=O) groups excluding carboxylic acids is 1. The molecule has 1 unspecified atom stereocenters. The molecule has 1 saturated heterocycles. The smallest absolute Gasteiger partial charge is 0.309 e. The summed E-state index contributed by atoms with van der Waals surface area (Å²) in [4.78, 5) is 26.6. The van der Waals surface area contributed by atoms with E-state index in [0.717, 1.165) is 11.6 Å². The number of likely N-dealkylation sites (tertiary alicyclic amines) is 1. The molecule has 2 N–H and O–H groups in total. The highest BCUT2D eigenvalue weighted by molar-refractivity contribution is 5.93.